The number of carboxylic acids is 1. The first kappa shape index (κ1) is 31.2. The van der Waals surface area contributed by atoms with E-state index in [1.54, 1.807) is 24.3 Å². The number of carbonyl (C=O) groups is 2. The van der Waals surface area contributed by atoms with Crippen LogP contribution in [0.3, 0.4) is 0 Å². The van der Waals surface area contributed by atoms with Gasteiger partial charge in [-0.3, -0.25) is 0 Å². The van der Waals surface area contributed by atoms with Crippen LogP contribution in [0.25, 0.3) is 0 Å². The lowest BCUT2D eigenvalue weighted by Crippen LogP contribution is -2.27. The third-order valence-corrected chi connectivity index (χ3v) is 6.85. The van der Waals surface area contributed by atoms with Crippen molar-refractivity contribution in [3.63, 3.8) is 0 Å². The van der Waals surface area contributed by atoms with E-state index in [0.717, 1.165) is 19.3 Å². The summed E-state index contributed by atoms with van der Waals surface area (Å²) < 4.78 is 5.20. The molecule has 0 amide bonds. The Kier molecular flexibility index (Phi) is 20.2. The number of carbonyl (C=O) groups excluding carboxylic acids is 1. The standard InChI is InChI=1S/C31H52O4/c1-2-3-4-5-6-7-8-9-10-11-12-13-14-15-16-17-18-19-20-24-27-29(30(32)33)35-31(34)28-25-22-21-23-26-28/h21-23,25-26,29H,2-20,24,27H2,1H3,(H,32,33)/t29-/m1/s1. The second-order valence-corrected chi connectivity index (χ2v) is 10.1. The molecule has 4 heteroatoms. The van der Waals surface area contributed by atoms with Crippen LogP contribution in [-0.2, 0) is 9.53 Å². The van der Waals surface area contributed by atoms with E-state index in [2.05, 4.69) is 6.92 Å². The van der Waals surface area contributed by atoms with Gasteiger partial charge in [-0.2, -0.15) is 0 Å². The van der Waals surface area contributed by atoms with Crippen molar-refractivity contribution < 1.29 is 19.4 Å². The van der Waals surface area contributed by atoms with Gasteiger partial charge in [0.2, 0.25) is 0 Å². The van der Waals surface area contributed by atoms with Crippen molar-refractivity contribution in [1.29, 1.82) is 0 Å². The number of ether oxygens (including phenoxy) is 1. The molecule has 0 bridgehead atoms. The molecule has 1 aromatic rings. The van der Waals surface area contributed by atoms with E-state index < -0.39 is 18.0 Å². The third-order valence-electron chi connectivity index (χ3n) is 6.85. The molecule has 0 fully saturated rings. The number of esters is 1. The fraction of sp³-hybridized carbons (Fsp3) is 0.742. The first-order chi connectivity index (χ1) is 17.1. The summed E-state index contributed by atoms with van der Waals surface area (Å²) in [5.74, 6) is -1.63. The molecule has 0 aliphatic heterocycles. The molecule has 0 spiro atoms. The Bertz CT molecular complexity index is 628. The maximum atomic E-state index is 12.1. The zero-order valence-corrected chi connectivity index (χ0v) is 22.5. The van der Waals surface area contributed by atoms with Crippen molar-refractivity contribution in [3.05, 3.63) is 35.9 Å². The van der Waals surface area contributed by atoms with Gasteiger partial charge in [0.25, 0.3) is 0 Å². The van der Waals surface area contributed by atoms with Gasteiger partial charge < -0.3 is 9.84 Å². The van der Waals surface area contributed by atoms with Crippen LogP contribution in [0.4, 0.5) is 0 Å². The smallest absolute Gasteiger partial charge is 0.345 e. The van der Waals surface area contributed by atoms with Crippen molar-refractivity contribution in [2.24, 2.45) is 0 Å². The maximum absolute atomic E-state index is 12.1. The molecule has 0 heterocycles. The fourth-order valence-electron chi connectivity index (χ4n) is 4.59. The van der Waals surface area contributed by atoms with Gasteiger partial charge in [0.15, 0.2) is 6.10 Å². The van der Waals surface area contributed by atoms with E-state index in [1.165, 1.54) is 109 Å². The lowest BCUT2D eigenvalue weighted by atomic mass is 10.0. The van der Waals surface area contributed by atoms with Crippen LogP contribution in [0.2, 0.25) is 0 Å². The van der Waals surface area contributed by atoms with E-state index in [-0.39, 0.29) is 0 Å². The molecule has 0 aliphatic rings. The summed E-state index contributed by atoms with van der Waals surface area (Å²) in [5.41, 5.74) is 0.391. The second kappa shape index (κ2) is 22.6. The number of carboxylic acid groups (broad SMARTS) is 1. The second-order valence-electron chi connectivity index (χ2n) is 10.1. The molecule has 200 valence electrons. The van der Waals surface area contributed by atoms with E-state index in [0.29, 0.717) is 12.0 Å². The quantitative estimate of drug-likeness (QED) is 0.116. The highest BCUT2D eigenvalue weighted by atomic mass is 16.6. The minimum absolute atomic E-state index is 0.382. The van der Waals surface area contributed by atoms with E-state index >= 15 is 0 Å². The highest BCUT2D eigenvalue weighted by Gasteiger charge is 2.22. The average Bonchev–Trinajstić information content (AvgIpc) is 2.87. The normalized spacial score (nSPS) is 11.9. The van der Waals surface area contributed by atoms with Crippen LogP contribution in [-0.4, -0.2) is 23.1 Å². The molecule has 1 aromatic carbocycles. The van der Waals surface area contributed by atoms with Crippen LogP contribution in [0.1, 0.15) is 152 Å². The summed E-state index contributed by atoms with van der Waals surface area (Å²) in [6, 6.07) is 8.57. The fourth-order valence-corrected chi connectivity index (χ4v) is 4.59. The van der Waals surface area contributed by atoms with Crippen molar-refractivity contribution in [1.82, 2.24) is 0 Å². The van der Waals surface area contributed by atoms with Crippen LogP contribution < -0.4 is 0 Å². The Morgan fingerprint density at radius 2 is 1.00 bits per heavy atom. The zero-order chi connectivity index (χ0) is 25.4. The Labute approximate surface area is 215 Å². The Morgan fingerprint density at radius 1 is 0.629 bits per heavy atom. The van der Waals surface area contributed by atoms with Crippen LogP contribution in [0.15, 0.2) is 30.3 Å². The first-order valence-corrected chi connectivity index (χ1v) is 14.6. The van der Waals surface area contributed by atoms with Gasteiger partial charge in [-0.25, -0.2) is 9.59 Å². The third kappa shape index (κ3) is 18.1. The molecule has 1 atom stereocenters. The van der Waals surface area contributed by atoms with Crippen LogP contribution in [0, 0.1) is 0 Å². The topological polar surface area (TPSA) is 63.6 Å². The highest BCUT2D eigenvalue weighted by Crippen LogP contribution is 2.16. The van der Waals surface area contributed by atoms with Gasteiger partial charge >= 0.3 is 11.9 Å². The van der Waals surface area contributed by atoms with Gasteiger partial charge in [0.05, 0.1) is 5.56 Å². The van der Waals surface area contributed by atoms with Crippen molar-refractivity contribution in [2.45, 2.75) is 148 Å². The van der Waals surface area contributed by atoms with Gasteiger partial charge in [0, 0.05) is 0 Å². The highest BCUT2D eigenvalue weighted by molar-refractivity contribution is 5.91. The van der Waals surface area contributed by atoms with Gasteiger partial charge in [-0.05, 0) is 25.0 Å². The SMILES string of the molecule is CCCCCCCCCCCCCCCCCCCCCC[C@@H](OC(=O)c1ccccc1)C(=O)O. The monoisotopic (exact) mass is 488 g/mol. The molecule has 4 nitrogen and oxygen atoms in total. The molecule has 0 radical (unpaired) electrons. The molecule has 0 aromatic heterocycles. The number of benzene rings is 1. The summed E-state index contributed by atoms with van der Waals surface area (Å²) in [6.45, 7) is 2.28. The Balaban J connectivity index is 1.86. The van der Waals surface area contributed by atoms with Crippen LogP contribution in [0.5, 0.6) is 0 Å². The maximum Gasteiger partial charge on any atom is 0.345 e. The summed E-state index contributed by atoms with van der Waals surface area (Å²) >= 11 is 0. The van der Waals surface area contributed by atoms with E-state index in [4.69, 9.17) is 4.74 Å². The molecule has 0 unspecified atom stereocenters. The largest absolute Gasteiger partial charge is 0.479 e. The predicted molar refractivity (Wildman–Crippen MR) is 146 cm³/mol. The molecule has 0 saturated carbocycles. The lowest BCUT2D eigenvalue weighted by Gasteiger charge is -2.13. The molecule has 0 aliphatic carbocycles. The van der Waals surface area contributed by atoms with Crippen LogP contribution >= 0.6 is 0 Å². The zero-order valence-electron chi connectivity index (χ0n) is 22.5. The molecular formula is C31H52O4. The molecule has 1 N–H and O–H groups in total. The van der Waals surface area contributed by atoms with Crippen molar-refractivity contribution in [3.8, 4) is 0 Å². The molecule has 35 heavy (non-hydrogen) atoms. The lowest BCUT2D eigenvalue weighted by molar-refractivity contribution is -0.147. The number of hydrogen-bond acceptors (Lipinski definition) is 3. The summed E-state index contributed by atoms with van der Waals surface area (Å²) in [4.78, 5) is 23.5. The Morgan fingerprint density at radius 3 is 1.37 bits per heavy atom. The summed E-state index contributed by atoms with van der Waals surface area (Å²) in [6.07, 6.45) is 25.7. The minimum Gasteiger partial charge on any atom is -0.479 e. The van der Waals surface area contributed by atoms with Gasteiger partial charge in [-0.15, -0.1) is 0 Å². The summed E-state index contributed by atoms with van der Waals surface area (Å²) in [5, 5.41) is 9.35. The average molecular weight is 489 g/mol. The van der Waals surface area contributed by atoms with Crippen molar-refractivity contribution >= 4 is 11.9 Å². The Hall–Kier alpha value is -1.84. The first-order valence-electron chi connectivity index (χ1n) is 14.6. The van der Waals surface area contributed by atoms with E-state index in [1.807, 2.05) is 6.07 Å². The molecule has 0 saturated heterocycles. The van der Waals surface area contributed by atoms with Gasteiger partial charge in [0.1, 0.15) is 0 Å². The predicted octanol–water partition coefficient (Wildman–Crippen LogP) is 9.51. The number of unbranched alkanes of at least 4 members (excludes halogenated alkanes) is 19. The van der Waals surface area contributed by atoms with E-state index in [9.17, 15) is 14.7 Å². The van der Waals surface area contributed by atoms with Gasteiger partial charge in [-0.1, -0.05) is 147 Å². The minimum atomic E-state index is -1.06. The summed E-state index contributed by atoms with van der Waals surface area (Å²) in [7, 11) is 0. The molecule has 1 rings (SSSR count). The number of hydrogen-bond donors (Lipinski definition) is 1. The van der Waals surface area contributed by atoms with Crippen molar-refractivity contribution in [2.75, 3.05) is 0 Å². The molecular weight excluding hydrogens is 436 g/mol. The number of aliphatic carboxylic acids is 1. The number of rotatable bonds is 24.